The second-order valence-corrected chi connectivity index (χ2v) is 6.08. The van der Waals surface area contributed by atoms with E-state index in [0.717, 1.165) is 32.2 Å². The van der Waals surface area contributed by atoms with Crippen LogP contribution in [0.4, 0.5) is 0 Å². The van der Waals surface area contributed by atoms with E-state index in [4.69, 9.17) is 4.74 Å². The highest BCUT2D eigenvalue weighted by atomic mass is 79.9. The second-order valence-electron chi connectivity index (χ2n) is 5.23. The van der Waals surface area contributed by atoms with Crippen molar-refractivity contribution in [1.82, 2.24) is 4.98 Å². The van der Waals surface area contributed by atoms with Crippen molar-refractivity contribution in [2.75, 3.05) is 0 Å². The zero-order valence-electron chi connectivity index (χ0n) is 11.8. The highest BCUT2D eigenvalue weighted by Gasteiger charge is 2.09. The molecule has 0 unspecified atom stereocenters. The van der Waals surface area contributed by atoms with Crippen molar-refractivity contribution in [2.24, 2.45) is 0 Å². The van der Waals surface area contributed by atoms with Gasteiger partial charge in [0.1, 0.15) is 12.4 Å². The number of benzene rings is 3. The van der Waals surface area contributed by atoms with Gasteiger partial charge in [-0.05, 0) is 24.3 Å². The van der Waals surface area contributed by atoms with Crippen LogP contribution in [0, 0.1) is 0 Å². The first-order chi connectivity index (χ1) is 10.8. The molecule has 0 bridgehead atoms. The number of aromatic nitrogens is 1. The number of ether oxygens (including phenoxy) is 1. The van der Waals surface area contributed by atoms with Gasteiger partial charge in [0.2, 0.25) is 0 Å². The molecule has 4 aromatic rings. The van der Waals surface area contributed by atoms with Gasteiger partial charge in [-0.25, -0.2) is 0 Å². The maximum Gasteiger partial charge on any atom is 0.129 e. The molecular weight excluding hydrogens is 338 g/mol. The molecule has 0 aliphatic carbocycles. The van der Waals surface area contributed by atoms with E-state index in [1.165, 1.54) is 5.39 Å². The number of halogens is 1. The third-order valence-corrected chi connectivity index (χ3v) is 4.61. The van der Waals surface area contributed by atoms with Crippen molar-refractivity contribution in [1.29, 1.82) is 0 Å². The van der Waals surface area contributed by atoms with E-state index in [0.29, 0.717) is 6.61 Å². The summed E-state index contributed by atoms with van der Waals surface area (Å²) in [6, 6.07) is 22.6. The zero-order chi connectivity index (χ0) is 14.9. The summed E-state index contributed by atoms with van der Waals surface area (Å²) < 4.78 is 7.17. The fourth-order valence-electron chi connectivity index (χ4n) is 2.76. The van der Waals surface area contributed by atoms with E-state index in [9.17, 15) is 0 Å². The lowest BCUT2D eigenvalue weighted by Crippen LogP contribution is -1.96. The third-order valence-electron chi connectivity index (χ3n) is 3.83. The fraction of sp³-hybridized carbons (Fsp3) is 0.0526. The van der Waals surface area contributed by atoms with Crippen molar-refractivity contribution in [3.8, 4) is 5.75 Å². The number of fused-ring (bicyclic) bond motifs is 3. The Bertz CT molecular complexity index is 958. The summed E-state index contributed by atoms with van der Waals surface area (Å²) in [7, 11) is 0. The lowest BCUT2D eigenvalue weighted by molar-refractivity contribution is 0.309. The molecule has 3 heteroatoms. The normalized spacial score (nSPS) is 11.1. The molecule has 1 heterocycles. The largest absolute Gasteiger partial charge is 0.488 e. The molecule has 0 aliphatic rings. The van der Waals surface area contributed by atoms with Crippen LogP contribution < -0.4 is 4.74 Å². The number of H-pyrrole nitrogens is 1. The molecule has 1 aromatic heterocycles. The molecule has 0 aliphatic heterocycles. The lowest BCUT2D eigenvalue weighted by atomic mass is 10.1. The molecule has 0 amide bonds. The summed E-state index contributed by atoms with van der Waals surface area (Å²) in [5.74, 6) is 0.908. The topological polar surface area (TPSA) is 25.0 Å². The Hall–Kier alpha value is -2.26. The molecular formula is C19H14BrNO. The van der Waals surface area contributed by atoms with Crippen LogP contribution in [0.2, 0.25) is 0 Å². The van der Waals surface area contributed by atoms with Gasteiger partial charge in [-0.3, -0.25) is 0 Å². The Morgan fingerprint density at radius 1 is 0.818 bits per heavy atom. The Balaban J connectivity index is 1.77. The van der Waals surface area contributed by atoms with Crippen LogP contribution in [-0.2, 0) is 6.61 Å². The standard InChI is InChI=1S/C19H14BrNO/c20-15-8-3-1-6-13(15)12-22-18-11-5-10-17-19(18)14-7-2-4-9-16(14)21-17/h1-11,21H,12H2. The van der Waals surface area contributed by atoms with E-state index in [1.54, 1.807) is 0 Å². The van der Waals surface area contributed by atoms with E-state index in [2.05, 4.69) is 51.2 Å². The summed E-state index contributed by atoms with van der Waals surface area (Å²) in [4.78, 5) is 3.44. The molecule has 0 radical (unpaired) electrons. The van der Waals surface area contributed by atoms with Gasteiger partial charge >= 0.3 is 0 Å². The Kier molecular flexibility index (Phi) is 3.35. The van der Waals surface area contributed by atoms with Crippen molar-refractivity contribution in [2.45, 2.75) is 6.61 Å². The summed E-state index contributed by atoms with van der Waals surface area (Å²) in [6.07, 6.45) is 0. The van der Waals surface area contributed by atoms with Crippen molar-refractivity contribution in [3.63, 3.8) is 0 Å². The average Bonchev–Trinajstić information content (AvgIpc) is 2.93. The summed E-state index contributed by atoms with van der Waals surface area (Å²) in [6.45, 7) is 0.542. The van der Waals surface area contributed by atoms with E-state index >= 15 is 0 Å². The molecule has 0 fully saturated rings. The zero-order valence-corrected chi connectivity index (χ0v) is 13.4. The molecule has 22 heavy (non-hydrogen) atoms. The lowest BCUT2D eigenvalue weighted by Gasteiger charge is -2.09. The fourth-order valence-corrected chi connectivity index (χ4v) is 3.16. The quantitative estimate of drug-likeness (QED) is 0.505. The minimum Gasteiger partial charge on any atom is -0.488 e. The van der Waals surface area contributed by atoms with E-state index in [1.807, 2.05) is 36.4 Å². The van der Waals surface area contributed by atoms with Gasteiger partial charge in [-0.1, -0.05) is 58.4 Å². The Labute approximate surface area is 136 Å². The van der Waals surface area contributed by atoms with E-state index in [-0.39, 0.29) is 0 Å². The van der Waals surface area contributed by atoms with Gasteiger partial charge in [0.15, 0.2) is 0 Å². The highest BCUT2D eigenvalue weighted by molar-refractivity contribution is 9.10. The monoisotopic (exact) mass is 351 g/mol. The maximum atomic E-state index is 6.10. The average molecular weight is 352 g/mol. The molecule has 3 aromatic carbocycles. The first kappa shape index (κ1) is 13.4. The smallest absolute Gasteiger partial charge is 0.129 e. The first-order valence-electron chi connectivity index (χ1n) is 7.18. The molecule has 0 atom stereocenters. The maximum absolute atomic E-state index is 6.10. The van der Waals surface area contributed by atoms with Crippen LogP contribution in [0.5, 0.6) is 5.75 Å². The molecule has 0 spiro atoms. The van der Waals surface area contributed by atoms with Gasteiger partial charge in [0.05, 0.1) is 5.52 Å². The van der Waals surface area contributed by atoms with Gasteiger partial charge in [0, 0.05) is 26.3 Å². The van der Waals surface area contributed by atoms with Gasteiger partial charge in [-0.15, -0.1) is 0 Å². The van der Waals surface area contributed by atoms with Crippen LogP contribution >= 0.6 is 15.9 Å². The number of hydrogen-bond donors (Lipinski definition) is 1. The van der Waals surface area contributed by atoms with E-state index < -0.39 is 0 Å². The minimum atomic E-state index is 0.542. The number of para-hydroxylation sites is 1. The van der Waals surface area contributed by atoms with Crippen LogP contribution in [0.15, 0.2) is 71.2 Å². The molecule has 4 rings (SSSR count). The van der Waals surface area contributed by atoms with Crippen LogP contribution in [0.3, 0.4) is 0 Å². The first-order valence-corrected chi connectivity index (χ1v) is 7.98. The minimum absolute atomic E-state index is 0.542. The Morgan fingerprint density at radius 2 is 1.59 bits per heavy atom. The van der Waals surface area contributed by atoms with Gasteiger partial charge < -0.3 is 9.72 Å². The number of aromatic amines is 1. The number of nitrogens with one attached hydrogen (secondary N) is 1. The molecule has 0 saturated carbocycles. The SMILES string of the molecule is Brc1ccccc1COc1cccc2[nH]c3ccccc3c12. The molecule has 108 valence electrons. The van der Waals surface area contributed by atoms with Crippen LogP contribution in [0.1, 0.15) is 5.56 Å². The highest BCUT2D eigenvalue weighted by Crippen LogP contribution is 2.33. The molecule has 2 nitrogen and oxygen atoms in total. The number of hydrogen-bond acceptors (Lipinski definition) is 1. The predicted octanol–water partition coefficient (Wildman–Crippen LogP) is 5.66. The third kappa shape index (κ3) is 2.28. The molecule has 1 N–H and O–H groups in total. The Morgan fingerprint density at radius 3 is 2.50 bits per heavy atom. The van der Waals surface area contributed by atoms with Crippen LogP contribution in [-0.4, -0.2) is 4.98 Å². The van der Waals surface area contributed by atoms with Gasteiger partial charge in [0.25, 0.3) is 0 Å². The molecule has 0 saturated heterocycles. The summed E-state index contributed by atoms with van der Waals surface area (Å²) in [5, 5.41) is 2.34. The van der Waals surface area contributed by atoms with Crippen molar-refractivity contribution in [3.05, 3.63) is 76.8 Å². The van der Waals surface area contributed by atoms with Crippen molar-refractivity contribution >= 4 is 37.7 Å². The van der Waals surface area contributed by atoms with Crippen molar-refractivity contribution < 1.29 is 4.74 Å². The summed E-state index contributed by atoms with van der Waals surface area (Å²) >= 11 is 3.57. The summed E-state index contributed by atoms with van der Waals surface area (Å²) in [5.41, 5.74) is 3.37. The second kappa shape index (κ2) is 5.50. The van der Waals surface area contributed by atoms with Crippen LogP contribution in [0.25, 0.3) is 21.8 Å². The van der Waals surface area contributed by atoms with Gasteiger partial charge in [-0.2, -0.15) is 0 Å². The predicted molar refractivity (Wildman–Crippen MR) is 94.3 cm³/mol. The number of rotatable bonds is 3.